The van der Waals surface area contributed by atoms with Gasteiger partial charge in [-0.25, -0.2) is 4.39 Å². The van der Waals surface area contributed by atoms with Crippen molar-refractivity contribution < 1.29 is 9.18 Å². The minimum absolute atomic E-state index is 0.125. The van der Waals surface area contributed by atoms with Crippen LogP contribution in [0.2, 0.25) is 0 Å². The zero-order valence-corrected chi connectivity index (χ0v) is 13.8. The van der Waals surface area contributed by atoms with E-state index in [4.69, 9.17) is 0 Å². The summed E-state index contributed by atoms with van der Waals surface area (Å²) in [6.07, 6.45) is 1.99. The lowest BCUT2D eigenvalue weighted by molar-refractivity contribution is 0.0948. The number of rotatable bonds is 4. The first-order valence-electron chi connectivity index (χ1n) is 8.34. The number of piperidine rings is 1. The van der Waals surface area contributed by atoms with Crippen molar-refractivity contribution in [1.29, 1.82) is 0 Å². The third-order valence-corrected chi connectivity index (χ3v) is 4.40. The predicted molar refractivity (Wildman–Crippen MR) is 91.4 cm³/mol. The summed E-state index contributed by atoms with van der Waals surface area (Å²) in [4.78, 5) is 17.3. The molecule has 0 unspecified atom stereocenters. The molecule has 1 saturated heterocycles. The van der Waals surface area contributed by atoms with E-state index in [1.807, 2.05) is 19.1 Å². The number of hydrogen-bond donors (Lipinski definition) is 2. The number of carbonyl (C=O) groups excluding carboxylic acids is 1. The highest BCUT2D eigenvalue weighted by Crippen LogP contribution is 2.26. The van der Waals surface area contributed by atoms with Crippen molar-refractivity contribution in [3.05, 3.63) is 64.7 Å². The molecule has 1 aromatic carbocycles. The van der Waals surface area contributed by atoms with Crippen LogP contribution in [-0.4, -0.2) is 24.0 Å². The van der Waals surface area contributed by atoms with E-state index >= 15 is 0 Å². The number of pyridine rings is 1. The van der Waals surface area contributed by atoms with Crippen LogP contribution in [0, 0.1) is 12.7 Å². The van der Waals surface area contributed by atoms with Crippen molar-refractivity contribution in [2.45, 2.75) is 32.2 Å². The smallest absolute Gasteiger partial charge is 0.253 e. The molecule has 0 aliphatic carbocycles. The van der Waals surface area contributed by atoms with E-state index < -0.39 is 0 Å². The Balaban J connectivity index is 1.75. The Kier molecular flexibility index (Phi) is 5.20. The number of amides is 1. The maximum Gasteiger partial charge on any atom is 0.253 e. The second kappa shape index (κ2) is 7.53. The van der Waals surface area contributed by atoms with Crippen LogP contribution in [0.3, 0.4) is 0 Å². The van der Waals surface area contributed by atoms with Crippen molar-refractivity contribution in [2.75, 3.05) is 13.1 Å². The quantitative estimate of drug-likeness (QED) is 0.908. The zero-order valence-electron chi connectivity index (χ0n) is 13.8. The minimum atomic E-state index is -0.277. The Bertz CT molecular complexity index is 709. The molecule has 1 aliphatic heterocycles. The molecule has 0 spiro atoms. The molecule has 0 bridgehead atoms. The van der Waals surface area contributed by atoms with Gasteiger partial charge in [-0.2, -0.15) is 0 Å². The molecule has 0 radical (unpaired) electrons. The molecule has 1 aromatic heterocycles. The van der Waals surface area contributed by atoms with Crippen molar-refractivity contribution >= 4 is 5.91 Å². The highest BCUT2D eigenvalue weighted by Gasteiger charge is 2.22. The topological polar surface area (TPSA) is 54.0 Å². The van der Waals surface area contributed by atoms with Crippen molar-refractivity contribution in [3.8, 4) is 0 Å². The van der Waals surface area contributed by atoms with E-state index in [1.54, 1.807) is 12.1 Å². The lowest BCUT2D eigenvalue weighted by Gasteiger charge is -2.24. The summed E-state index contributed by atoms with van der Waals surface area (Å²) in [6, 6.07) is 9.88. The van der Waals surface area contributed by atoms with E-state index in [0.29, 0.717) is 18.0 Å². The SMILES string of the molecule is Cc1ccc(C(=O)NCc2ccc(F)cc2)c(C2CCNCC2)n1. The fraction of sp³-hybridized carbons (Fsp3) is 0.368. The average molecular weight is 327 g/mol. The fourth-order valence-electron chi connectivity index (χ4n) is 3.06. The Morgan fingerprint density at radius 1 is 1.21 bits per heavy atom. The Morgan fingerprint density at radius 2 is 1.92 bits per heavy atom. The molecular weight excluding hydrogens is 305 g/mol. The van der Waals surface area contributed by atoms with Gasteiger partial charge in [0.1, 0.15) is 5.82 Å². The summed E-state index contributed by atoms with van der Waals surface area (Å²) in [5.74, 6) is -0.0842. The number of aromatic nitrogens is 1. The minimum Gasteiger partial charge on any atom is -0.348 e. The lowest BCUT2D eigenvalue weighted by atomic mass is 9.90. The molecule has 2 aromatic rings. The molecular formula is C19H22FN3O. The number of aryl methyl sites for hydroxylation is 1. The van der Waals surface area contributed by atoms with Crippen molar-refractivity contribution in [1.82, 2.24) is 15.6 Å². The van der Waals surface area contributed by atoms with Gasteiger partial charge < -0.3 is 10.6 Å². The first-order chi connectivity index (χ1) is 11.6. The van der Waals surface area contributed by atoms with Crippen LogP contribution in [0.5, 0.6) is 0 Å². The molecule has 0 saturated carbocycles. The number of nitrogens with zero attached hydrogens (tertiary/aromatic N) is 1. The van der Waals surface area contributed by atoms with Crippen LogP contribution in [0.25, 0.3) is 0 Å². The Morgan fingerprint density at radius 3 is 2.62 bits per heavy atom. The van der Waals surface area contributed by atoms with Crippen molar-refractivity contribution in [2.24, 2.45) is 0 Å². The Hall–Kier alpha value is -2.27. The number of nitrogens with one attached hydrogen (secondary N) is 2. The van der Waals surface area contributed by atoms with Gasteiger partial charge in [-0.15, -0.1) is 0 Å². The van der Waals surface area contributed by atoms with Crippen LogP contribution in [0.1, 0.15) is 46.1 Å². The predicted octanol–water partition coefficient (Wildman–Crippen LogP) is 2.93. The Labute approximate surface area is 141 Å². The van der Waals surface area contributed by atoms with Gasteiger partial charge in [-0.05, 0) is 62.7 Å². The van der Waals surface area contributed by atoms with Gasteiger partial charge in [0.15, 0.2) is 0 Å². The van der Waals surface area contributed by atoms with E-state index in [0.717, 1.165) is 42.9 Å². The van der Waals surface area contributed by atoms with E-state index in [-0.39, 0.29) is 11.7 Å². The molecule has 3 rings (SSSR count). The van der Waals surface area contributed by atoms with Crippen LogP contribution in [-0.2, 0) is 6.54 Å². The van der Waals surface area contributed by atoms with Gasteiger partial charge in [0.2, 0.25) is 0 Å². The van der Waals surface area contributed by atoms with Gasteiger partial charge in [-0.1, -0.05) is 12.1 Å². The third-order valence-electron chi connectivity index (χ3n) is 4.40. The highest BCUT2D eigenvalue weighted by atomic mass is 19.1. The summed E-state index contributed by atoms with van der Waals surface area (Å²) < 4.78 is 12.9. The number of halogens is 1. The summed E-state index contributed by atoms with van der Waals surface area (Å²) in [5, 5.41) is 6.26. The van der Waals surface area contributed by atoms with E-state index in [9.17, 15) is 9.18 Å². The second-order valence-electron chi connectivity index (χ2n) is 6.22. The lowest BCUT2D eigenvalue weighted by Crippen LogP contribution is -2.30. The first kappa shape index (κ1) is 16.6. The van der Waals surface area contributed by atoms with Gasteiger partial charge in [0, 0.05) is 18.2 Å². The standard InChI is InChI=1S/C19H22FN3O/c1-13-2-7-17(18(23-13)15-8-10-21-11-9-15)19(24)22-12-14-3-5-16(20)6-4-14/h2-7,15,21H,8-12H2,1H3,(H,22,24). The molecule has 4 nitrogen and oxygen atoms in total. The third kappa shape index (κ3) is 3.97. The molecule has 0 atom stereocenters. The zero-order chi connectivity index (χ0) is 16.9. The number of hydrogen-bond acceptors (Lipinski definition) is 3. The van der Waals surface area contributed by atoms with Gasteiger partial charge >= 0.3 is 0 Å². The molecule has 126 valence electrons. The summed E-state index contributed by atoms with van der Waals surface area (Å²) in [7, 11) is 0. The van der Waals surface area contributed by atoms with Crippen LogP contribution in [0.4, 0.5) is 4.39 Å². The average Bonchev–Trinajstić information content (AvgIpc) is 2.61. The maximum atomic E-state index is 12.9. The first-order valence-corrected chi connectivity index (χ1v) is 8.34. The van der Waals surface area contributed by atoms with Crippen LogP contribution >= 0.6 is 0 Å². The fourth-order valence-corrected chi connectivity index (χ4v) is 3.06. The normalized spacial score (nSPS) is 15.2. The largest absolute Gasteiger partial charge is 0.348 e. The molecule has 24 heavy (non-hydrogen) atoms. The molecule has 2 N–H and O–H groups in total. The van der Waals surface area contributed by atoms with Crippen LogP contribution < -0.4 is 10.6 Å². The molecule has 5 heteroatoms. The van der Waals surface area contributed by atoms with E-state index in [1.165, 1.54) is 12.1 Å². The van der Waals surface area contributed by atoms with Gasteiger partial charge in [0.05, 0.1) is 11.3 Å². The maximum absolute atomic E-state index is 12.9. The molecule has 2 heterocycles. The van der Waals surface area contributed by atoms with Crippen molar-refractivity contribution in [3.63, 3.8) is 0 Å². The second-order valence-corrected chi connectivity index (χ2v) is 6.22. The number of carbonyl (C=O) groups is 1. The molecule has 1 amide bonds. The van der Waals surface area contributed by atoms with E-state index in [2.05, 4.69) is 15.6 Å². The summed E-state index contributed by atoms with van der Waals surface area (Å²) in [5.41, 5.74) is 3.34. The van der Waals surface area contributed by atoms with Gasteiger partial charge in [0.25, 0.3) is 5.91 Å². The monoisotopic (exact) mass is 327 g/mol. The summed E-state index contributed by atoms with van der Waals surface area (Å²) >= 11 is 0. The van der Waals surface area contributed by atoms with Gasteiger partial charge in [-0.3, -0.25) is 9.78 Å². The van der Waals surface area contributed by atoms with Crippen LogP contribution in [0.15, 0.2) is 36.4 Å². The highest BCUT2D eigenvalue weighted by molar-refractivity contribution is 5.95. The number of benzene rings is 1. The molecule has 1 fully saturated rings. The molecule has 1 aliphatic rings. The summed E-state index contributed by atoms with van der Waals surface area (Å²) in [6.45, 7) is 4.23.